The zero-order valence-corrected chi connectivity index (χ0v) is 10.4. The van der Waals surface area contributed by atoms with Crippen molar-refractivity contribution < 1.29 is 17.2 Å². The highest BCUT2D eigenvalue weighted by Gasteiger charge is 2.09. The number of rotatable bonds is 6. The van der Waals surface area contributed by atoms with Gasteiger partial charge in [-0.25, -0.2) is 17.2 Å². The smallest absolute Gasteiger partial charge is 0.160 e. The van der Waals surface area contributed by atoms with Gasteiger partial charge in [0.25, 0.3) is 0 Å². The van der Waals surface area contributed by atoms with Crippen molar-refractivity contribution in [1.82, 2.24) is 0 Å². The Morgan fingerprint density at radius 1 is 1.18 bits per heavy atom. The van der Waals surface area contributed by atoms with Crippen molar-refractivity contribution in [3.8, 4) is 0 Å². The second kappa shape index (κ2) is 5.95. The lowest BCUT2D eigenvalue weighted by Crippen LogP contribution is -2.18. The van der Waals surface area contributed by atoms with Crippen molar-refractivity contribution in [3.05, 3.63) is 29.8 Å². The molecule has 6 heteroatoms. The van der Waals surface area contributed by atoms with Crippen molar-refractivity contribution in [3.63, 3.8) is 0 Å². The van der Waals surface area contributed by atoms with Crippen LogP contribution in [0.4, 0.5) is 14.5 Å². The van der Waals surface area contributed by atoms with Gasteiger partial charge in [0.2, 0.25) is 0 Å². The van der Waals surface area contributed by atoms with Gasteiger partial charge in [-0.15, -0.1) is 0 Å². The maximum atomic E-state index is 12.8. The van der Waals surface area contributed by atoms with Gasteiger partial charge in [-0.1, -0.05) is 6.92 Å². The number of halogens is 2. The summed E-state index contributed by atoms with van der Waals surface area (Å²) in [6.45, 7) is 1.98. The topological polar surface area (TPSA) is 46.2 Å². The number of hydrogen-bond donors (Lipinski definition) is 1. The van der Waals surface area contributed by atoms with Crippen LogP contribution in [0.3, 0.4) is 0 Å². The fourth-order valence-electron chi connectivity index (χ4n) is 1.37. The van der Waals surface area contributed by atoms with Crippen LogP contribution in [0, 0.1) is 11.6 Å². The predicted molar refractivity (Wildman–Crippen MR) is 63.8 cm³/mol. The number of benzene rings is 1. The van der Waals surface area contributed by atoms with Crippen LogP contribution in [-0.4, -0.2) is 26.5 Å². The van der Waals surface area contributed by atoms with Gasteiger partial charge in [-0.05, 0) is 24.6 Å². The molecule has 0 heterocycles. The molecule has 1 aromatic rings. The summed E-state index contributed by atoms with van der Waals surface area (Å²) in [4.78, 5) is 0. The van der Waals surface area contributed by atoms with Crippen LogP contribution in [0.1, 0.15) is 13.3 Å². The Morgan fingerprint density at radius 2 is 1.88 bits per heavy atom. The van der Waals surface area contributed by atoms with E-state index in [9.17, 15) is 17.2 Å². The van der Waals surface area contributed by atoms with Crippen LogP contribution >= 0.6 is 0 Å². The molecule has 0 saturated heterocycles. The average Bonchev–Trinajstić information content (AvgIpc) is 2.23. The molecule has 0 aliphatic carbocycles. The number of nitrogens with one attached hydrogen (secondary N) is 1. The number of anilines is 1. The van der Waals surface area contributed by atoms with Crippen molar-refractivity contribution in [2.75, 3.05) is 23.4 Å². The van der Waals surface area contributed by atoms with Gasteiger partial charge >= 0.3 is 0 Å². The lowest BCUT2D eigenvalue weighted by molar-refractivity contribution is 0.509. The van der Waals surface area contributed by atoms with E-state index in [0.29, 0.717) is 12.1 Å². The lowest BCUT2D eigenvalue weighted by atomic mass is 10.3. The molecule has 0 saturated carbocycles. The highest BCUT2D eigenvalue weighted by atomic mass is 32.2. The largest absolute Gasteiger partial charge is 0.384 e. The van der Waals surface area contributed by atoms with E-state index >= 15 is 0 Å². The molecular weight excluding hydrogens is 248 g/mol. The summed E-state index contributed by atoms with van der Waals surface area (Å²) < 4.78 is 48.2. The van der Waals surface area contributed by atoms with Gasteiger partial charge in [0.15, 0.2) is 21.5 Å². The molecule has 0 aromatic heterocycles. The summed E-state index contributed by atoms with van der Waals surface area (Å²) in [5.41, 5.74) is 0.371. The normalized spacial score (nSPS) is 11.5. The summed E-state index contributed by atoms with van der Waals surface area (Å²) in [6.07, 6.45) is 0.577. The van der Waals surface area contributed by atoms with Crippen LogP contribution in [0.25, 0.3) is 0 Å². The highest BCUT2D eigenvalue weighted by Crippen LogP contribution is 2.12. The third-order valence-corrected chi connectivity index (χ3v) is 4.03. The summed E-state index contributed by atoms with van der Waals surface area (Å²) in [5.74, 6) is -1.74. The molecule has 0 radical (unpaired) electrons. The molecule has 0 spiro atoms. The number of hydrogen-bond acceptors (Lipinski definition) is 3. The maximum Gasteiger partial charge on any atom is 0.160 e. The summed E-state index contributed by atoms with van der Waals surface area (Å²) in [7, 11) is -3.05. The molecule has 3 nitrogen and oxygen atoms in total. The molecule has 0 fully saturated rings. The molecule has 17 heavy (non-hydrogen) atoms. The molecule has 0 unspecified atom stereocenters. The molecule has 0 amide bonds. The Kier molecular flexibility index (Phi) is 4.86. The van der Waals surface area contributed by atoms with E-state index in [2.05, 4.69) is 5.32 Å². The lowest BCUT2D eigenvalue weighted by Gasteiger charge is -2.07. The zero-order chi connectivity index (χ0) is 12.9. The highest BCUT2D eigenvalue weighted by molar-refractivity contribution is 7.91. The van der Waals surface area contributed by atoms with Gasteiger partial charge in [0.05, 0.1) is 5.75 Å². The maximum absolute atomic E-state index is 12.8. The van der Waals surface area contributed by atoms with Crippen molar-refractivity contribution in [2.24, 2.45) is 0 Å². The van der Waals surface area contributed by atoms with Crippen LogP contribution in [0.15, 0.2) is 18.2 Å². The fraction of sp³-hybridized carbons (Fsp3) is 0.455. The Bertz CT molecular complexity index is 474. The zero-order valence-electron chi connectivity index (χ0n) is 9.54. The SMILES string of the molecule is CCCS(=O)(=O)CCNc1ccc(F)c(F)c1. The molecule has 96 valence electrons. The fourth-order valence-corrected chi connectivity index (χ4v) is 2.61. The third-order valence-electron chi connectivity index (χ3n) is 2.18. The Hall–Kier alpha value is -1.17. The molecule has 1 aromatic carbocycles. The van der Waals surface area contributed by atoms with Crippen LogP contribution in [0.2, 0.25) is 0 Å². The molecule has 1 N–H and O–H groups in total. The standard InChI is InChI=1S/C11H15F2NO2S/c1-2-6-17(15,16)7-5-14-9-3-4-10(12)11(13)8-9/h3-4,8,14H,2,5-7H2,1H3. The molecular formula is C11H15F2NO2S. The summed E-state index contributed by atoms with van der Waals surface area (Å²) in [6, 6.07) is 3.37. The van der Waals surface area contributed by atoms with E-state index < -0.39 is 21.5 Å². The Morgan fingerprint density at radius 3 is 2.47 bits per heavy atom. The minimum Gasteiger partial charge on any atom is -0.384 e. The second-order valence-electron chi connectivity index (χ2n) is 3.71. The van der Waals surface area contributed by atoms with Crippen molar-refractivity contribution >= 4 is 15.5 Å². The minimum absolute atomic E-state index is 0.0141. The predicted octanol–water partition coefficient (Wildman–Crippen LogP) is 2.20. The quantitative estimate of drug-likeness (QED) is 0.856. The molecule has 0 atom stereocenters. The number of sulfone groups is 1. The second-order valence-corrected chi connectivity index (χ2v) is 6.01. The summed E-state index contributed by atoms with van der Waals surface area (Å²) >= 11 is 0. The van der Waals surface area contributed by atoms with Gasteiger partial charge < -0.3 is 5.32 Å². The summed E-state index contributed by atoms with van der Waals surface area (Å²) in [5, 5.41) is 2.74. The van der Waals surface area contributed by atoms with Gasteiger partial charge in [-0.3, -0.25) is 0 Å². The van der Waals surface area contributed by atoms with Crippen LogP contribution in [0.5, 0.6) is 0 Å². The monoisotopic (exact) mass is 263 g/mol. The van der Waals surface area contributed by atoms with E-state index in [4.69, 9.17) is 0 Å². The third kappa shape index (κ3) is 4.68. The van der Waals surface area contributed by atoms with Crippen LogP contribution in [-0.2, 0) is 9.84 Å². The first-order chi connectivity index (χ1) is 7.94. The molecule has 0 aliphatic rings. The molecule has 1 rings (SSSR count). The average molecular weight is 263 g/mol. The van der Waals surface area contributed by atoms with Gasteiger partial charge in [0.1, 0.15) is 0 Å². The Labute approximate surface area is 99.8 Å². The molecule has 0 aliphatic heterocycles. The van der Waals surface area contributed by atoms with E-state index in [1.165, 1.54) is 6.07 Å². The van der Waals surface area contributed by atoms with Crippen molar-refractivity contribution in [2.45, 2.75) is 13.3 Å². The van der Waals surface area contributed by atoms with Gasteiger partial charge in [-0.2, -0.15) is 0 Å². The first kappa shape index (κ1) is 13.9. The van der Waals surface area contributed by atoms with E-state index in [1.54, 1.807) is 6.92 Å². The first-order valence-electron chi connectivity index (χ1n) is 5.34. The van der Waals surface area contributed by atoms with E-state index in [1.807, 2.05) is 0 Å². The first-order valence-corrected chi connectivity index (χ1v) is 7.16. The van der Waals surface area contributed by atoms with Crippen LogP contribution < -0.4 is 5.32 Å². The van der Waals surface area contributed by atoms with Gasteiger partial charge in [0, 0.05) is 18.0 Å². The van der Waals surface area contributed by atoms with E-state index in [0.717, 1.165) is 12.1 Å². The van der Waals surface area contributed by atoms with E-state index in [-0.39, 0.29) is 18.1 Å². The van der Waals surface area contributed by atoms with Crippen molar-refractivity contribution in [1.29, 1.82) is 0 Å². The Balaban J connectivity index is 2.49. The minimum atomic E-state index is -3.05. The molecule has 0 bridgehead atoms.